The molecule has 6 aromatic rings. The van der Waals surface area contributed by atoms with Gasteiger partial charge in [0, 0.05) is 56.7 Å². The van der Waals surface area contributed by atoms with Gasteiger partial charge in [-0.05, 0) is 92.2 Å². The van der Waals surface area contributed by atoms with Crippen molar-refractivity contribution in [1.82, 2.24) is 40.4 Å². The second-order valence-corrected chi connectivity index (χ2v) is 24.5. The number of carbonyl (C=O) groups excluding carboxylic acids is 5. The summed E-state index contributed by atoms with van der Waals surface area (Å²) < 4.78 is 21.1. The number of alkyl halides is 1. The number of aliphatic hydroxyl groups excluding tert-OH is 1. The molecule has 0 unspecified atom stereocenters. The normalized spacial score (nSPS) is 18.6. The highest BCUT2D eigenvalue weighted by atomic mass is 35.5. The number of piperidine rings is 1. The number of aryl methyl sites for hydroxylation is 1. The van der Waals surface area contributed by atoms with E-state index in [1.165, 1.54) is 16.2 Å². The van der Waals surface area contributed by atoms with Gasteiger partial charge in [0.25, 0.3) is 5.91 Å². The van der Waals surface area contributed by atoms with E-state index in [1.54, 1.807) is 49.8 Å². The fourth-order valence-electron chi connectivity index (χ4n) is 11.2. The Morgan fingerprint density at radius 2 is 1.61 bits per heavy atom. The minimum absolute atomic E-state index is 0.0136. The molecule has 4 aliphatic rings. The van der Waals surface area contributed by atoms with Crippen molar-refractivity contribution in [3.63, 3.8) is 0 Å². The average molecular weight is 1150 g/mol. The molecule has 4 N–H and O–H groups in total. The average Bonchev–Trinajstić information content (AvgIpc) is 3.98. The maximum absolute atomic E-state index is 14.7. The zero-order chi connectivity index (χ0) is 57.8. The maximum Gasteiger partial charge on any atom is 0.258 e. The fraction of sp³-hybridized carbons (Fsp3) is 0.435. The molecule has 5 amide bonds. The van der Waals surface area contributed by atoms with Crippen LogP contribution in [-0.4, -0.2) is 121 Å². The number of benzene rings is 3. The molecule has 1 spiro atoms. The van der Waals surface area contributed by atoms with Crippen molar-refractivity contribution in [3.05, 3.63) is 119 Å². The third kappa shape index (κ3) is 13.1. The molecule has 82 heavy (non-hydrogen) atoms. The lowest BCUT2D eigenvalue weighted by Gasteiger charge is -2.38. The van der Waals surface area contributed by atoms with Crippen LogP contribution in [0.2, 0.25) is 5.02 Å². The van der Waals surface area contributed by atoms with Gasteiger partial charge in [-0.2, -0.15) is 0 Å². The van der Waals surface area contributed by atoms with Crippen molar-refractivity contribution >= 4 is 69.8 Å². The lowest BCUT2D eigenvalue weighted by molar-refractivity contribution is -0.145. The SMILES string of the molecule is Cc1ncsc1-c1ccc(CNC(=O)[C@@H]2C[C@@H](O)CN2C(=O)[C@@H](NC(=O)C2(F)CC2)C(C)(C)C)c(OCCCCCCC(=O)N2CCC3(CC2)CCN(c2cncc(Nc4ncc(Cl)c(-c5cccc(-c6ccccc6)c5)n4)c2)C3=O)c1. The highest BCUT2D eigenvalue weighted by Gasteiger charge is 2.54. The van der Waals surface area contributed by atoms with E-state index < -0.39 is 52.4 Å². The summed E-state index contributed by atoms with van der Waals surface area (Å²) in [7, 11) is 0. The third-order valence-corrected chi connectivity index (χ3v) is 17.5. The summed E-state index contributed by atoms with van der Waals surface area (Å²) in [6.45, 7) is 9.22. The van der Waals surface area contributed by atoms with Crippen molar-refractivity contribution in [1.29, 1.82) is 0 Å². The summed E-state index contributed by atoms with van der Waals surface area (Å²) in [5.41, 5.74) is 5.86. The van der Waals surface area contributed by atoms with Crippen molar-refractivity contribution in [2.45, 2.75) is 129 Å². The number of aliphatic hydroxyl groups is 1. The van der Waals surface area contributed by atoms with Gasteiger partial charge in [0.1, 0.15) is 17.8 Å². The van der Waals surface area contributed by atoms with Gasteiger partial charge in [-0.15, -0.1) is 11.3 Å². The second-order valence-electron chi connectivity index (χ2n) is 23.2. The van der Waals surface area contributed by atoms with Crippen LogP contribution < -0.4 is 25.6 Å². The van der Waals surface area contributed by atoms with Gasteiger partial charge in [0.15, 0.2) is 5.67 Å². The van der Waals surface area contributed by atoms with Gasteiger partial charge in [-0.1, -0.05) is 106 Å². The van der Waals surface area contributed by atoms with Crippen molar-refractivity contribution in [3.8, 4) is 38.6 Å². The molecular weight excluding hydrogens is 1080 g/mol. The van der Waals surface area contributed by atoms with Crippen LogP contribution >= 0.6 is 22.9 Å². The van der Waals surface area contributed by atoms with Crippen LogP contribution in [0, 0.1) is 17.8 Å². The molecule has 4 fully saturated rings. The summed E-state index contributed by atoms with van der Waals surface area (Å²) >= 11 is 8.15. The number of β-amino-alcohol motifs (C(OH)–C–C–N with tert-alkyl or cyclic N) is 1. The Hall–Kier alpha value is -7.35. The monoisotopic (exact) mass is 1150 g/mol. The van der Waals surface area contributed by atoms with Crippen LogP contribution in [0.5, 0.6) is 5.75 Å². The third-order valence-electron chi connectivity index (χ3n) is 16.3. The molecule has 1 saturated carbocycles. The molecule has 3 atom stereocenters. The van der Waals surface area contributed by atoms with Crippen LogP contribution in [0.3, 0.4) is 0 Å². The maximum atomic E-state index is 14.7. The number of nitrogens with one attached hydrogen (secondary N) is 3. The van der Waals surface area contributed by atoms with E-state index in [0.717, 1.165) is 64.1 Å². The number of anilines is 3. The van der Waals surface area contributed by atoms with E-state index in [1.807, 2.05) is 78.6 Å². The summed E-state index contributed by atoms with van der Waals surface area (Å²) in [5.74, 6) is -0.774. The predicted molar refractivity (Wildman–Crippen MR) is 314 cm³/mol. The van der Waals surface area contributed by atoms with Gasteiger partial charge in [0.2, 0.25) is 29.6 Å². The molecule has 3 aromatic heterocycles. The van der Waals surface area contributed by atoms with Crippen molar-refractivity contribution in [2.24, 2.45) is 10.8 Å². The van der Waals surface area contributed by atoms with Crippen LogP contribution in [-0.2, 0) is 30.5 Å². The number of rotatable bonds is 20. The van der Waals surface area contributed by atoms with E-state index in [0.29, 0.717) is 85.7 Å². The number of hydrogen-bond acceptors (Lipinski definition) is 13. The molecule has 430 valence electrons. The van der Waals surface area contributed by atoms with Gasteiger partial charge in [0.05, 0.1) is 74.9 Å². The minimum Gasteiger partial charge on any atom is -0.493 e. The van der Waals surface area contributed by atoms with Crippen molar-refractivity contribution < 1.29 is 38.2 Å². The second kappa shape index (κ2) is 24.6. The number of likely N-dealkylation sites (tertiary alicyclic amines) is 2. The quantitative estimate of drug-likeness (QED) is 0.0526. The summed E-state index contributed by atoms with van der Waals surface area (Å²) in [4.78, 5) is 92.4. The van der Waals surface area contributed by atoms with E-state index >= 15 is 0 Å². The highest BCUT2D eigenvalue weighted by molar-refractivity contribution is 7.13. The van der Waals surface area contributed by atoms with Gasteiger partial charge >= 0.3 is 0 Å². The molecule has 17 nitrogen and oxygen atoms in total. The Kier molecular flexibility index (Phi) is 17.4. The number of ether oxygens (including phenoxy) is 1. The molecule has 20 heteroatoms. The largest absolute Gasteiger partial charge is 0.493 e. The molecule has 3 aromatic carbocycles. The molecule has 3 aliphatic heterocycles. The van der Waals surface area contributed by atoms with Crippen LogP contribution in [0.4, 0.5) is 21.7 Å². The molecule has 6 heterocycles. The number of aromatic nitrogens is 4. The first-order chi connectivity index (χ1) is 39.4. The highest BCUT2D eigenvalue weighted by Crippen LogP contribution is 2.44. The first-order valence-corrected chi connectivity index (χ1v) is 29.6. The Labute approximate surface area is 486 Å². The first kappa shape index (κ1) is 57.9. The summed E-state index contributed by atoms with van der Waals surface area (Å²) in [6, 6.07) is 23.7. The van der Waals surface area contributed by atoms with Crippen molar-refractivity contribution in [2.75, 3.05) is 43.0 Å². The number of hydrogen-bond donors (Lipinski definition) is 4. The number of carbonyl (C=O) groups is 5. The van der Waals surface area contributed by atoms with Gasteiger partial charge < -0.3 is 40.5 Å². The Morgan fingerprint density at radius 1 is 0.866 bits per heavy atom. The number of amides is 5. The number of nitrogens with zero attached hydrogens (tertiary/aromatic N) is 7. The summed E-state index contributed by atoms with van der Waals surface area (Å²) in [6.07, 6.45) is 9.62. The molecule has 1 aliphatic carbocycles. The number of thiazole rings is 1. The lowest BCUT2D eigenvalue weighted by Crippen LogP contribution is -2.59. The van der Waals surface area contributed by atoms with Crippen LogP contribution in [0.25, 0.3) is 32.8 Å². The number of halogens is 2. The zero-order valence-corrected chi connectivity index (χ0v) is 48.3. The Balaban J connectivity index is 0.679. The standard InChI is InChI=1S/C62H70ClFN10O7S/c1-39-53(82-38-68-39)43-18-19-44(33-66-55(77)49-32-47(75)37-74(49)56(78)54(60(2,3)4)71-57(79)62(64)20-21-62)50(30-43)81-28-11-6-5-10-17-51(76)72-25-22-61(23-26-72)24-27-73(58(61)80)46-31-45(34-65-35-46)69-59-67-36-48(63)52(70-59)42-16-12-15-41(29-42)40-13-8-7-9-14-40/h7-9,12-16,18-19,29-31,34-36,38,47,49,54,75H,5-6,10-11,17,20-28,32-33,37H2,1-4H3,(H,66,77)(H,71,79)(H,67,69,70)/t47-,49+,54-/m1/s1. The predicted octanol–water partition coefficient (Wildman–Crippen LogP) is 10.0. The van der Waals surface area contributed by atoms with E-state index in [9.17, 15) is 33.5 Å². The molecule has 3 saturated heterocycles. The van der Waals surface area contributed by atoms with E-state index in [4.69, 9.17) is 21.3 Å². The topological polar surface area (TPSA) is 212 Å². The Morgan fingerprint density at radius 3 is 2.35 bits per heavy atom. The van der Waals surface area contributed by atoms with E-state index in [2.05, 4.69) is 43.0 Å². The van der Waals surface area contributed by atoms with Crippen LogP contribution in [0.1, 0.15) is 103 Å². The first-order valence-electron chi connectivity index (χ1n) is 28.3. The number of pyridine rings is 1. The van der Waals surface area contributed by atoms with Gasteiger partial charge in [-0.3, -0.25) is 29.0 Å². The fourth-order valence-corrected chi connectivity index (χ4v) is 12.2. The Bertz CT molecular complexity index is 3330. The molecule has 10 rings (SSSR count). The minimum atomic E-state index is -1.98. The van der Waals surface area contributed by atoms with Crippen LogP contribution in [0.15, 0.2) is 103 Å². The molecular formula is C62H70ClFN10O7S. The lowest BCUT2D eigenvalue weighted by atomic mass is 9.77. The molecule has 0 bridgehead atoms. The van der Waals surface area contributed by atoms with E-state index in [-0.39, 0.29) is 44.2 Å². The zero-order valence-electron chi connectivity index (χ0n) is 46.8. The van der Waals surface area contributed by atoms with Gasteiger partial charge in [-0.25, -0.2) is 19.3 Å². The smallest absolute Gasteiger partial charge is 0.258 e. The summed E-state index contributed by atoms with van der Waals surface area (Å²) in [5, 5.41) is 19.9. The number of unbranched alkanes of at least 4 members (excludes halogenated alkanes) is 3. The molecule has 0 radical (unpaired) electrons.